The lowest BCUT2D eigenvalue weighted by atomic mass is 9.96. The molecule has 1 fully saturated rings. The third-order valence-corrected chi connectivity index (χ3v) is 4.03. The van der Waals surface area contributed by atoms with Gasteiger partial charge in [-0.25, -0.2) is 4.98 Å². The second kappa shape index (κ2) is 8.06. The summed E-state index contributed by atoms with van der Waals surface area (Å²) in [6, 6.07) is 3.69. The van der Waals surface area contributed by atoms with Crippen molar-refractivity contribution >= 4 is 17.6 Å². The molecule has 0 saturated carbocycles. The normalized spacial score (nSPS) is 19.3. The number of hydrogen-bond acceptors (Lipinski definition) is 4. The Kier molecular flexibility index (Phi) is 6.10. The first kappa shape index (κ1) is 17.4. The Hall–Kier alpha value is -1.95. The summed E-state index contributed by atoms with van der Waals surface area (Å²) in [5.74, 6) is 0.220. The second-order valence-corrected chi connectivity index (χ2v) is 5.93. The van der Waals surface area contributed by atoms with Crippen LogP contribution in [-0.2, 0) is 14.3 Å². The highest BCUT2D eigenvalue weighted by Gasteiger charge is 2.30. The van der Waals surface area contributed by atoms with Gasteiger partial charge >= 0.3 is 0 Å². The first-order valence-corrected chi connectivity index (χ1v) is 8.15. The number of anilines is 1. The van der Waals surface area contributed by atoms with Crippen molar-refractivity contribution < 1.29 is 14.3 Å². The molecule has 1 aliphatic heterocycles. The zero-order chi connectivity index (χ0) is 16.8. The van der Waals surface area contributed by atoms with Gasteiger partial charge in [0.05, 0.1) is 5.92 Å². The van der Waals surface area contributed by atoms with E-state index >= 15 is 0 Å². The van der Waals surface area contributed by atoms with Crippen molar-refractivity contribution in [3.05, 3.63) is 23.9 Å². The summed E-state index contributed by atoms with van der Waals surface area (Å²) >= 11 is 0. The third-order valence-electron chi connectivity index (χ3n) is 4.03. The van der Waals surface area contributed by atoms with Crippen LogP contribution in [0.2, 0.25) is 0 Å². The molecule has 2 amide bonds. The number of rotatable bonds is 5. The largest absolute Gasteiger partial charge is 0.369 e. The van der Waals surface area contributed by atoms with E-state index < -0.39 is 6.10 Å². The Morgan fingerprint density at radius 3 is 2.91 bits per heavy atom. The number of pyridine rings is 1. The Balaban J connectivity index is 1.93. The van der Waals surface area contributed by atoms with Crippen molar-refractivity contribution in [3.63, 3.8) is 0 Å². The molecule has 1 aromatic rings. The smallest absolute Gasteiger partial charge is 0.251 e. The number of carbonyl (C=O) groups excluding carboxylic acids is 2. The first-order chi connectivity index (χ1) is 11.0. The maximum absolute atomic E-state index is 12.4. The average Bonchev–Trinajstić information content (AvgIpc) is 2.56. The molecule has 0 spiro atoms. The van der Waals surface area contributed by atoms with Gasteiger partial charge in [-0.15, -0.1) is 0 Å². The molecule has 1 aliphatic rings. The van der Waals surface area contributed by atoms with E-state index in [4.69, 9.17) is 4.74 Å². The van der Waals surface area contributed by atoms with E-state index in [0.29, 0.717) is 25.5 Å². The number of nitrogens with one attached hydrogen (secondary N) is 1. The molecule has 2 heterocycles. The summed E-state index contributed by atoms with van der Waals surface area (Å²) in [6.07, 6.45) is 2.87. The van der Waals surface area contributed by atoms with Crippen LogP contribution >= 0.6 is 0 Å². The average molecular weight is 319 g/mol. The molecule has 6 nitrogen and oxygen atoms in total. The van der Waals surface area contributed by atoms with E-state index in [1.54, 1.807) is 24.1 Å². The van der Waals surface area contributed by atoms with E-state index in [0.717, 1.165) is 18.4 Å². The van der Waals surface area contributed by atoms with Gasteiger partial charge in [0, 0.05) is 25.9 Å². The second-order valence-electron chi connectivity index (χ2n) is 5.93. The van der Waals surface area contributed by atoms with E-state index in [9.17, 15) is 9.59 Å². The Bertz CT molecular complexity index is 545. The number of aromatic nitrogens is 1. The monoisotopic (exact) mass is 319 g/mol. The van der Waals surface area contributed by atoms with Gasteiger partial charge in [-0.1, -0.05) is 6.07 Å². The minimum Gasteiger partial charge on any atom is -0.369 e. The lowest BCUT2D eigenvalue weighted by molar-refractivity contribution is -0.145. The maximum atomic E-state index is 12.4. The van der Waals surface area contributed by atoms with Gasteiger partial charge in [0.15, 0.2) is 0 Å². The van der Waals surface area contributed by atoms with Crippen LogP contribution in [0.25, 0.3) is 0 Å². The van der Waals surface area contributed by atoms with E-state index in [1.165, 1.54) is 0 Å². The van der Waals surface area contributed by atoms with Crippen LogP contribution in [0, 0.1) is 12.8 Å². The van der Waals surface area contributed by atoms with Crippen LogP contribution in [0.3, 0.4) is 0 Å². The van der Waals surface area contributed by atoms with Crippen LogP contribution in [0.5, 0.6) is 0 Å². The number of hydrogen-bond donors (Lipinski definition) is 1. The summed E-state index contributed by atoms with van der Waals surface area (Å²) in [4.78, 5) is 30.6. The first-order valence-electron chi connectivity index (χ1n) is 8.15. The highest BCUT2D eigenvalue weighted by Crippen LogP contribution is 2.19. The fraction of sp³-hybridized carbons (Fsp3) is 0.588. The minimum atomic E-state index is -0.458. The topological polar surface area (TPSA) is 71.5 Å². The van der Waals surface area contributed by atoms with Gasteiger partial charge in [-0.05, 0) is 45.2 Å². The number of amides is 2. The zero-order valence-corrected chi connectivity index (χ0v) is 14.0. The summed E-state index contributed by atoms with van der Waals surface area (Å²) in [6.45, 7) is 7.19. The van der Waals surface area contributed by atoms with E-state index in [2.05, 4.69) is 10.3 Å². The predicted molar refractivity (Wildman–Crippen MR) is 88.0 cm³/mol. The molecule has 6 heteroatoms. The van der Waals surface area contributed by atoms with Crippen LogP contribution in [0.15, 0.2) is 18.3 Å². The van der Waals surface area contributed by atoms with Crippen LogP contribution in [0.1, 0.15) is 32.3 Å². The SMILES string of the molecule is CCO[C@@H](C)C(=O)N1CCC[C@H](C(=O)Nc2ccc(C)cn2)C1. The Morgan fingerprint density at radius 1 is 1.48 bits per heavy atom. The van der Waals surface area contributed by atoms with E-state index in [1.807, 2.05) is 19.9 Å². The highest BCUT2D eigenvalue weighted by atomic mass is 16.5. The molecular weight excluding hydrogens is 294 g/mol. The number of carbonyl (C=O) groups is 2. The zero-order valence-electron chi connectivity index (χ0n) is 14.0. The quantitative estimate of drug-likeness (QED) is 0.901. The van der Waals surface area contributed by atoms with Crippen molar-refractivity contribution in [1.82, 2.24) is 9.88 Å². The molecule has 2 rings (SSSR count). The maximum Gasteiger partial charge on any atom is 0.251 e. The van der Waals surface area contributed by atoms with Crippen LogP contribution < -0.4 is 5.32 Å². The molecule has 0 bridgehead atoms. The molecule has 23 heavy (non-hydrogen) atoms. The number of piperidine rings is 1. The predicted octanol–water partition coefficient (Wildman–Crippen LogP) is 1.99. The van der Waals surface area contributed by atoms with Crippen molar-refractivity contribution in [3.8, 4) is 0 Å². The summed E-state index contributed by atoms with van der Waals surface area (Å²) < 4.78 is 5.36. The standard InChI is InChI=1S/C17H25N3O3/c1-4-23-13(3)17(22)20-9-5-6-14(11-20)16(21)19-15-8-7-12(2)10-18-15/h7-8,10,13-14H,4-6,9,11H2,1-3H3,(H,18,19,21)/t13-,14-/m0/s1. The number of ether oxygens (including phenoxy) is 1. The summed E-state index contributed by atoms with van der Waals surface area (Å²) in [5, 5.41) is 2.83. The van der Waals surface area contributed by atoms with Crippen molar-refractivity contribution in [2.24, 2.45) is 5.92 Å². The fourth-order valence-electron chi connectivity index (χ4n) is 2.74. The number of aryl methyl sites for hydroxylation is 1. The van der Waals surface area contributed by atoms with Crippen LogP contribution in [0.4, 0.5) is 5.82 Å². The van der Waals surface area contributed by atoms with Gasteiger partial charge in [-0.3, -0.25) is 9.59 Å². The van der Waals surface area contributed by atoms with Gasteiger partial charge in [0.1, 0.15) is 11.9 Å². The van der Waals surface area contributed by atoms with Gasteiger partial charge in [0.2, 0.25) is 5.91 Å². The molecule has 0 unspecified atom stereocenters. The van der Waals surface area contributed by atoms with E-state index in [-0.39, 0.29) is 17.7 Å². The molecule has 0 aromatic carbocycles. The van der Waals surface area contributed by atoms with Gasteiger partial charge < -0.3 is 15.0 Å². The molecular formula is C17H25N3O3. The van der Waals surface area contributed by atoms with Gasteiger partial charge in [-0.2, -0.15) is 0 Å². The molecule has 2 atom stereocenters. The van der Waals surface area contributed by atoms with Crippen LogP contribution in [-0.4, -0.2) is 47.5 Å². The summed E-state index contributed by atoms with van der Waals surface area (Å²) in [7, 11) is 0. The number of nitrogens with zero attached hydrogens (tertiary/aromatic N) is 2. The molecule has 1 N–H and O–H groups in total. The van der Waals surface area contributed by atoms with Crippen molar-refractivity contribution in [1.29, 1.82) is 0 Å². The third kappa shape index (κ3) is 4.76. The highest BCUT2D eigenvalue weighted by molar-refractivity contribution is 5.92. The molecule has 1 saturated heterocycles. The lowest BCUT2D eigenvalue weighted by Gasteiger charge is -2.33. The Morgan fingerprint density at radius 2 is 2.26 bits per heavy atom. The lowest BCUT2D eigenvalue weighted by Crippen LogP contribution is -2.47. The molecule has 0 aliphatic carbocycles. The molecule has 126 valence electrons. The van der Waals surface area contributed by atoms with Crippen molar-refractivity contribution in [2.45, 2.75) is 39.7 Å². The molecule has 1 aromatic heterocycles. The molecule has 0 radical (unpaired) electrons. The minimum absolute atomic E-state index is 0.0437. The Labute approximate surface area is 137 Å². The summed E-state index contributed by atoms with van der Waals surface area (Å²) in [5.41, 5.74) is 1.04. The van der Waals surface area contributed by atoms with Gasteiger partial charge in [0.25, 0.3) is 5.91 Å². The fourth-order valence-corrected chi connectivity index (χ4v) is 2.74. The van der Waals surface area contributed by atoms with Crippen molar-refractivity contribution in [2.75, 3.05) is 25.0 Å². The number of likely N-dealkylation sites (tertiary alicyclic amines) is 1.